The Hall–Kier alpha value is -4.47. The van der Waals surface area contributed by atoms with E-state index < -0.39 is 24.3 Å². The van der Waals surface area contributed by atoms with Crippen molar-refractivity contribution in [1.29, 1.82) is 0 Å². The van der Waals surface area contributed by atoms with E-state index in [4.69, 9.17) is 23.7 Å². The van der Waals surface area contributed by atoms with Gasteiger partial charge in [0.1, 0.15) is 17.9 Å². The lowest BCUT2D eigenvalue weighted by molar-refractivity contribution is -0.137. The average molecular weight is 482 g/mol. The molecule has 0 saturated heterocycles. The van der Waals surface area contributed by atoms with Crippen molar-refractivity contribution in [2.24, 2.45) is 0 Å². The minimum atomic E-state index is -1.17. The molecule has 2 amide bonds. The highest BCUT2D eigenvalue weighted by atomic mass is 16.5. The van der Waals surface area contributed by atoms with Crippen LogP contribution in [0.15, 0.2) is 47.1 Å². The normalized spacial score (nSPS) is 11.1. The molecule has 3 N–H and O–H groups in total. The van der Waals surface area contributed by atoms with Gasteiger partial charge in [-0.05, 0) is 36.3 Å². The van der Waals surface area contributed by atoms with E-state index in [-0.39, 0.29) is 6.54 Å². The maximum atomic E-state index is 12.3. The molecule has 0 unspecified atom stereocenters. The van der Waals surface area contributed by atoms with Crippen LogP contribution in [0.25, 0.3) is 27.7 Å². The van der Waals surface area contributed by atoms with Crippen LogP contribution in [0.2, 0.25) is 0 Å². The minimum absolute atomic E-state index is 0.350. The van der Waals surface area contributed by atoms with E-state index in [9.17, 15) is 14.4 Å². The Bertz CT molecular complexity index is 1290. The number of allylic oxidation sites excluding steroid dienone is 1. The first-order chi connectivity index (χ1) is 16.8. The molecule has 0 fully saturated rings. The van der Waals surface area contributed by atoms with Crippen molar-refractivity contribution < 1.29 is 38.1 Å². The number of amides is 2. The van der Waals surface area contributed by atoms with E-state index in [1.165, 1.54) is 13.2 Å². The van der Waals surface area contributed by atoms with E-state index in [0.29, 0.717) is 34.0 Å². The Morgan fingerprint density at radius 2 is 1.66 bits per heavy atom. The van der Waals surface area contributed by atoms with E-state index in [2.05, 4.69) is 10.6 Å². The smallest absolute Gasteiger partial charge is 0.322 e. The van der Waals surface area contributed by atoms with E-state index >= 15 is 0 Å². The van der Waals surface area contributed by atoms with E-state index in [1.54, 1.807) is 39.5 Å². The summed E-state index contributed by atoms with van der Waals surface area (Å²) >= 11 is 0. The number of hydrogen-bond acceptors (Lipinski definition) is 7. The third kappa shape index (κ3) is 5.91. The molecule has 10 heteroatoms. The van der Waals surface area contributed by atoms with E-state index in [0.717, 1.165) is 16.5 Å². The number of hydrogen-bond donors (Lipinski definition) is 3. The molecule has 0 bridgehead atoms. The number of fused-ring (bicyclic) bond motifs is 1. The lowest BCUT2D eigenvalue weighted by atomic mass is 9.99. The molecule has 0 radical (unpaired) electrons. The van der Waals surface area contributed by atoms with Crippen LogP contribution < -0.4 is 24.8 Å². The van der Waals surface area contributed by atoms with Crippen LogP contribution in [0.1, 0.15) is 12.5 Å². The van der Waals surface area contributed by atoms with Crippen molar-refractivity contribution in [3.63, 3.8) is 0 Å². The molecule has 1 aromatic heterocycles. The summed E-state index contributed by atoms with van der Waals surface area (Å²) in [7, 11) is 4.65. The lowest BCUT2D eigenvalue weighted by Gasteiger charge is -2.11. The molecule has 0 aliphatic rings. The maximum Gasteiger partial charge on any atom is 0.322 e. The molecule has 2 aromatic carbocycles. The van der Waals surface area contributed by atoms with Crippen molar-refractivity contribution in [2.45, 2.75) is 6.92 Å². The lowest BCUT2D eigenvalue weighted by Crippen LogP contribution is -2.38. The highest BCUT2D eigenvalue weighted by molar-refractivity contribution is 6.01. The molecular formula is C25H26N2O8. The summed E-state index contributed by atoms with van der Waals surface area (Å²) in [5.74, 6) is -0.603. The zero-order valence-corrected chi connectivity index (χ0v) is 19.8. The molecule has 0 atom stereocenters. The Morgan fingerprint density at radius 1 is 0.943 bits per heavy atom. The second kappa shape index (κ2) is 11.1. The summed E-state index contributed by atoms with van der Waals surface area (Å²) in [5, 5.41) is 14.0. The highest BCUT2D eigenvalue weighted by Gasteiger charge is 2.16. The topological polar surface area (TPSA) is 136 Å². The largest absolute Gasteiger partial charge is 0.496 e. The number of carboxylic acid groups (broad SMARTS) is 1. The fourth-order valence-electron chi connectivity index (χ4n) is 3.49. The summed E-state index contributed by atoms with van der Waals surface area (Å²) in [5.41, 5.74) is 3.52. The fraction of sp³-hybridized carbons (Fsp3) is 0.240. The number of ether oxygens (including phenoxy) is 3. The van der Waals surface area contributed by atoms with Crippen molar-refractivity contribution in [3.05, 3.63) is 48.2 Å². The van der Waals surface area contributed by atoms with Crippen LogP contribution in [0.3, 0.4) is 0 Å². The number of methoxy groups -OCH3 is 3. The fourth-order valence-corrected chi connectivity index (χ4v) is 3.49. The molecule has 184 valence electrons. The molecule has 35 heavy (non-hydrogen) atoms. The van der Waals surface area contributed by atoms with Gasteiger partial charge in [0.25, 0.3) is 0 Å². The molecule has 0 saturated carbocycles. The SMILES string of the molecule is COc1ccc(-c2coc3cc(OC)c(/C(C)=C/C(=O)NCC(=O)NCC(=O)O)cc23)cc1OC. The number of rotatable bonds is 10. The van der Waals surface area contributed by atoms with Crippen molar-refractivity contribution in [1.82, 2.24) is 10.6 Å². The Balaban J connectivity index is 1.90. The number of nitrogens with one attached hydrogen (secondary N) is 2. The minimum Gasteiger partial charge on any atom is -0.496 e. The number of carbonyl (C=O) groups excluding carboxylic acids is 2. The quantitative estimate of drug-likeness (QED) is 0.375. The number of aliphatic carboxylic acids is 1. The Labute approximate surface area is 201 Å². The van der Waals surface area contributed by atoms with Gasteiger partial charge >= 0.3 is 5.97 Å². The van der Waals surface area contributed by atoms with Crippen molar-refractivity contribution in [2.75, 3.05) is 34.4 Å². The van der Waals surface area contributed by atoms with Gasteiger partial charge in [-0.25, -0.2) is 0 Å². The van der Waals surface area contributed by atoms with Gasteiger partial charge in [0.2, 0.25) is 11.8 Å². The standard InChI is InChI=1S/C25H26N2O8/c1-14(7-23(28)26-11-24(29)27-12-25(30)31)16-9-17-18(13-35-21(17)10-20(16)33-3)15-5-6-19(32-2)22(8-15)34-4/h5-10,13H,11-12H2,1-4H3,(H,26,28)(H,27,29)(H,30,31)/b14-7+. The van der Waals surface area contributed by atoms with Gasteiger partial charge in [-0.3, -0.25) is 14.4 Å². The van der Waals surface area contributed by atoms with Gasteiger partial charge < -0.3 is 34.4 Å². The average Bonchev–Trinajstić information content (AvgIpc) is 3.27. The molecule has 0 spiro atoms. The first kappa shape index (κ1) is 25.2. The Kier molecular flexibility index (Phi) is 7.98. The molecule has 3 aromatic rings. The maximum absolute atomic E-state index is 12.3. The second-order valence-corrected chi connectivity index (χ2v) is 7.48. The van der Waals surface area contributed by atoms with E-state index in [1.807, 2.05) is 18.2 Å². The number of furan rings is 1. The van der Waals surface area contributed by atoms with Crippen LogP contribution in [0, 0.1) is 0 Å². The zero-order chi connectivity index (χ0) is 25.5. The predicted octanol–water partition coefficient (Wildman–Crippen LogP) is 2.85. The van der Waals surface area contributed by atoms with Crippen LogP contribution in [-0.2, 0) is 14.4 Å². The first-order valence-electron chi connectivity index (χ1n) is 10.5. The number of benzene rings is 2. The molecule has 0 aliphatic heterocycles. The van der Waals surface area contributed by atoms with Gasteiger partial charge in [0.15, 0.2) is 11.5 Å². The molecular weight excluding hydrogens is 456 g/mol. The third-order valence-corrected chi connectivity index (χ3v) is 5.22. The summed E-state index contributed by atoms with van der Waals surface area (Å²) in [6.45, 7) is 0.870. The molecule has 3 rings (SSSR count). The first-order valence-corrected chi connectivity index (χ1v) is 10.5. The van der Waals surface area contributed by atoms with Gasteiger partial charge in [0, 0.05) is 28.7 Å². The third-order valence-electron chi connectivity index (χ3n) is 5.22. The van der Waals surface area contributed by atoms with Gasteiger partial charge in [-0.15, -0.1) is 0 Å². The number of carboxylic acids is 1. The summed E-state index contributed by atoms with van der Waals surface area (Å²) in [4.78, 5) is 34.5. The highest BCUT2D eigenvalue weighted by Crippen LogP contribution is 2.39. The van der Waals surface area contributed by atoms with Crippen LogP contribution in [0.5, 0.6) is 17.2 Å². The van der Waals surface area contributed by atoms with Crippen LogP contribution >= 0.6 is 0 Å². The number of carbonyl (C=O) groups is 3. The van der Waals surface area contributed by atoms with Crippen LogP contribution in [0.4, 0.5) is 0 Å². The predicted molar refractivity (Wildman–Crippen MR) is 129 cm³/mol. The Morgan fingerprint density at radius 3 is 2.31 bits per heavy atom. The summed E-state index contributed by atoms with van der Waals surface area (Å²) in [6, 6.07) is 9.14. The monoisotopic (exact) mass is 482 g/mol. The molecule has 1 heterocycles. The molecule has 10 nitrogen and oxygen atoms in total. The zero-order valence-electron chi connectivity index (χ0n) is 19.8. The van der Waals surface area contributed by atoms with Crippen LogP contribution in [-0.4, -0.2) is 57.3 Å². The second-order valence-electron chi connectivity index (χ2n) is 7.48. The summed E-state index contributed by atoms with van der Waals surface area (Å²) < 4.78 is 22.0. The summed E-state index contributed by atoms with van der Waals surface area (Å²) in [6.07, 6.45) is 2.97. The van der Waals surface area contributed by atoms with Crippen molar-refractivity contribution >= 4 is 34.3 Å². The molecule has 0 aliphatic carbocycles. The van der Waals surface area contributed by atoms with Gasteiger partial charge in [-0.1, -0.05) is 6.07 Å². The van der Waals surface area contributed by atoms with Gasteiger partial charge in [-0.2, -0.15) is 0 Å². The van der Waals surface area contributed by atoms with Gasteiger partial charge in [0.05, 0.1) is 34.1 Å². The van der Waals surface area contributed by atoms with Crippen molar-refractivity contribution in [3.8, 4) is 28.4 Å².